The molecule has 0 radical (unpaired) electrons. The van der Waals surface area contributed by atoms with Crippen molar-refractivity contribution in [1.29, 1.82) is 0 Å². The molecular weight excluding hydrogens is 238 g/mol. The molecule has 4 heteroatoms. The van der Waals surface area contributed by atoms with Crippen LogP contribution in [-0.4, -0.2) is 17.4 Å². The van der Waals surface area contributed by atoms with Crippen LogP contribution in [0.3, 0.4) is 0 Å². The molecule has 1 saturated carbocycles. The number of aryl methyl sites for hydroxylation is 1. The van der Waals surface area contributed by atoms with Crippen molar-refractivity contribution in [3.63, 3.8) is 0 Å². The number of anilines is 1. The van der Waals surface area contributed by atoms with Gasteiger partial charge in [0.15, 0.2) is 0 Å². The lowest BCUT2D eigenvalue weighted by molar-refractivity contribution is 0.0941. The third kappa shape index (κ3) is 3.69. The minimum absolute atomic E-state index is 0.0593. The number of nitrogen functional groups attached to an aromatic ring is 1. The van der Waals surface area contributed by atoms with E-state index in [0.717, 1.165) is 18.2 Å². The molecule has 0 aromatic carbocycles. The van der Waals surface area contributed by atoms with Crippen molar-refractivity contribution in [3.8, 4) is 0 Å². The summed E-state index contributed by atoms with van der Waals surface area (Å²) in [7, 11) is 0. The molecule has 4 nitrogen and oxygen atoms in total. The quantitative estimate of drug-likeness (QED) is 0.878. The molecule has 0 atom stereocenters. The highest BCUT2D eigenvalue weighted by atomic mass is 16.1. The number of hydrogen-bond acceptors (Lipinski definition) is 3. The Balaban J connectivity index is 1.89. The topological polar surface area (TPSA) is 68.0 Å². The van der Waals surface area contributed by atoms with Crippen LogP contribution in [0.5, 0.6) is 0 Å². The van der Waals surface area contributed by atoms with Gasteiger partial charge in [0.25, 0.3) is 5.91 Å². The lowest BCUT2D eigenvalue weighted by atomic mass is 9.83. The summed E-state index contributed by atoms with van der Waals surface area (Å²) < 4.78 is 0. The summed E-state index contributed by atoms with van der Waals surface area (Å²) in [4.78, 5) is 16.2. The van der Waals surface area contributed by atoms with Crippen LogP contribution in [0.15, 0.2) is 12.3 Å². The van der Waals surface area contributed by atoms with Gasteiger partial charge in [-0.2, -0.15) is 0 Å². The predicted molar refractivity (Wildman–Crippen MR) is 76.8 cm³/mol. The molecule has 104 valence electrons. The van der Waals surface area contributed by atoms with Crippen LogP contribution < -0.4 is 11.1 Å². The Bertz CT molecular complexity index is 451. The van der Waals surface area contributed by atoms with E-state index < -0.39 is 0 Å². The highest BCUT2D eigenvalue weighted by molar-refractivity contribution is 5.95. The molecule has 1 aromatic heterocycles. The van der Waals surface area contributed by atoms with Gasteiger partial charge < -0.3 is 11.1 Å². The first-order valence-electron chi connectivity index (χ1n) is 7.06. The Hall–Kier alpha value is -1.58. The van der Waals surface area contributed by atoms with Crippen molar-refractivity contribution in [2.75, 3.05) is 12.3 Å². The van der Waals surface area contributed by atoms with Gasteiger partial charge in [-0.05, 0) is 37.7 Å². The number of rotatable bonds is 3. The van der Waals surface area contributed by atoms with E-state index in [9.17, 15) is 4.79 Å². The molecule has 1 aliphatic rings. The number of aromatic nitrogens is 1. The molecule has 19 heavy (non-hydrogen) atoms. The molecule has 0 saturated heterocycles. The van der Waals surface area contributed by atoms with Crippen molar-refractivity contribution in [1.82, 2.24) is 10.3 Å². The maximum Gasteiger partial charge on any atom is 0.253 e. The van der Waals surface area contributed by atoms with Gasteiger partial charge in [-0.25, -0.2) is 0 Å². The zero-order chi connectivity index (χ0) is 13.8. The fourth-order valence-electron chi connectivity index (χ4n) is 2.64. The minimum Gasteiger partial charge on any atom is -0.397 e. The van der Waals surface area contributed by atoms with Crippen LogP contribution in [0.2, 0.25) is 0 Å². The van der Waals surface area contributed by atoms with E-state index in [-0.39, 0.29) is 5.91 Å². The average Bonchev–Trinajstić information content (AvgIpc) is 2.40. The SMILES string of the molecule is Cc1ncc(N)cc1C(=O)NCC1CCC(C)CC1. The summed E-state index contributed by atoms with van der Waals surface area (Å²) in [6.07, 6.45) is 6.57. The highest BCUT2D eigenvalue weighted by Crippen LogP contribution is 2.27. The van der Waals surface area contributed by atoms with Gasteiger partial charge in [-0.3, -0.25) is 9.78 Å². The zero-order valence-corrected chi connectivity index (χ0v) is 11.8. The first-order chi connectivity index (χ1) is 9.06. The highest BCUT2D eigenvalue weighted by Gasteiger charge is 2.19. The normalized spacial score (nSPS) is 23.1. The lowest BCUT2D eigenvalue weighted by Gasteiger charge is -2.26. The molecule has 0 spiro atoms. The van der Waals surface area contributed by atoms with Gasteiger partial charge in [-0.15, -0.1) is 0 Å². The molecule has 3 N–H and O–H groups in total. The lowest BCUT2D eigenvalue weighted by Crippen LogP contribution is -2.31. The van der Waals surface area contributed by atoms with E-state index in [2.05, 4.69) is 17.2 Å². The molecule has 2 rings (SSSR count). The van der Waals surface area contributed by atoms with E-state index in [1.165, 1.54) is 25.7 Å². The summed E-state index contributed by atoms with van der Waals surface area (Å²) >= 11 is 0. The third-order valence-electron chi connectivity index (χ3n) is 4.04. The number of amides is 1. The maximum atomic E-state index is 12.1. The maximum absolute atomic E-state index is 12.1. The Morgan fingerprint density at radius 1 is 1.42 bits per heavy atom. The summed E-state index contributed by atoms with van der Waals surface area (Å²) in [6.45, 7) is 4.90. The summed E-state index contributed by atoms with van der Waals surface area (Å²) in [5.41, 5.74) is 7.52. The molecule has 1 fully saturated rings. The molecule has 1 amide bonds. The number of pyridine rings is 1. The first-order valence-corrected chi connectivity index (χ1v) is 7.06. The van der Waals surface area contributed by atoms with Crippen LogP contribution in [0.4, 0.5) is 5.69 Å². The van der Waals surface area contributed by atoms with Gasteiger partial charge >= 0.3 is 0 Å². The second-order valence-corrected chi connectivity index (χ2v) is 5.74. The van der Waals surface area contributed by atoms with Gasteiger partial charge in [0.05, 0.1) is 23.1 Å². The molecule has 0 bridgehead atoms. The van der Waals surface area contributed by atoms with Crippen LogP contribution in [0, 0.1) is 18.8 Å². The van der Waals surface area contributed by atoms with Crippen LogP contribution >= 0.6 is 0 Å². The van der Waals surface area contributed by atoms with Gasteiger partial charge in [0.1, 0.15) is 0 Å². The summed E-state index contributed by atoms with van der Waals surface area (Å²) in [6, 6.07) is 1.70. The van der Waals surface area contributed by atoms with Crippen LogP contribution in [0.1, 0.15) is 48.7 Å². The van der Waals surface area contributed by atoms with Crippen molar-refractivity contribution in [2.45, 2.75) is 39.5 Å². The van der Waals surface area contributed by atoms with E-state index in [1.807, 2.05) is 6.92 Å². The minimum atomic E-state index is -0.0593. The summed E-state index contributed by atoms with van der Waals surface area (Å²) in [5.74, 6) is 1.40. The molecular formula is C15H23N3O. The largest absolute Gasteiger partial charge is 0.397 e. The number of nitrogens with one attached hydrogen (secondary N) is 1. The monoisotopic (exact) mass is 261 g/mol. The van der Waals surface area contributed by atoms with Gasteiger partial charge in [0.2, 0.25) is 0 Å². The number of nitrogens with zero attached hydrogens (tertiary/aromatic N) is 1. The van der Waals surface area contributed by atoms with Crippen LogP contribution in [-0.2, 0) is 0 Å². The molecule has 1 aromatic rings. The Morgan fingerprint density at radius 3 is 2.79 bits per heavy atom. The second kappa shape index (κ2) is 6.04. The smallest absolute Gasteiger partial charge is 0.253 e. The van der Waals surface area contributed by atoms with Crippen molar-refractivity contribution in [3.05, 3.63) is 23.5 Å². The zero-order valence-electron chi connectivity index (χ0n) is 11.8. The predicted octanol–water partition coefficient (Wildman–Crippen LogP) is 2.53. The van der Waals surface area contributed by atoms with E-state index in [1.54, 1.807) is 12.3 Å². The Kier molecular flexibility index (Phi) is 4.40. The summed E-state index contributed by atoms with van der Waals surface area (Å²) in [5, 5.41) is 3.02. The van der Waals surface area contributed by atoms with Crippen molar-refractivity contribution >= 4 is 11.6 Å². The number of nitrogens with two attached hydrogens (primary N) is 1. The fourth-order valence-corrected chi connectivity index (χ4v) is 2.64. The number of carbonyl (C=O) groups is 1. The van der Waals surface area contributed by atoms with E-state index >= 15 is 0 Å². The second-order valence-electron chi connectivity index (χ2n) is 5.74. The van der Waals surface area contributed by atoms with E-state index in [0.29, 0.717) is 17.2 Å². The fraction of sp³-hybridized carbons (Fsp3) is 0.600. The van der Waals surface area contributed by atoms with Crippen LogP contribution in [0.25, 0.3) is 0 Å². The average molecular weight is 261 g/mol. The van der Waals surface area contributed by atoms with Gasteiger partial charge in [0, 0.05) is 6.54 Å². The number of carbonyl (C=O) groups excluding carboxylic acids is 1. The molecule has 1 aliphatic carbocycles. The van der Waals surface area contributed by atoms with Gasteiger partial charge in [-0.1, -0.05) is 19.8 Å². The van der Waals surface area contributed by atoms with Crippen molar-refractivity contribution in [2.24, 2.45) is 11.8 Å². The van der Waals surface area contributed by atoms with E-state index in [4.69, 9.17) is 5.73 Å². The third-order valence-corrected chi connectivity index (χ3v) is 4.04. The van der Waals surface area contributed by atoms with Crippen molar-refractivity contribution < 1.29 is 4.79 Å². The standard InChI is InChI=1S/C15H23N3O/c1-10-3-5-12(6-4-10)8-18-15(19)14-7-13(16)9-17-11(14)2/h7,9-10,12H,3-6,8,16H2,1-2H3,(H,18,19). The molecule has 1 heterocycles. The molecule has 0 aliphatic heterocycles. The Morgan fingerprint density at radius 2 is 2.11 bits per heavy atom. The number of hydrogen-bond donors (Lipinski definition) is 2. The molecule has 0 unspecified atom stereocenters. The Labute approximate surface area is 114 Å². The first kappa shape index (κ1) is 13.8.